The lowest BCUT2D eigenvalue weighted by molar-refractivity contribution is 0.302. The minimum atomic E-state index is 0.393. The first kappa shape index (κ1) is 8.32. The molecule has 1 heterocycles. The number of aromatic nitrogens is 1. The monoisotopic (exact) mass is 247 g/mol. The summed E-state index contributed by atoms with van der Waals surface area (Å²) in [6.45, 7) is 0. The van der Waals surface area contributed by atoms with Crippen LogP contribution in [0.3, 0.4) is 0 Å². The smallest absolute Gasteiger partial charge is 0.139 e. The maximum absolute atomic E-state index is 5.83. The van der Waals surface area contributed by atoms with Gasteiger partial charge in [0.15, 0.2) is 0 Å². The SMILES string of the molecule is Clc1cc(OC2CC2)cnc1Br. The molecule has 0 unspecified atom stereocenters. The third kappa shape index (κ3) is 1.90. The largest absolute Gasteiger partial charge is 0.489 e. The minimum absolute atomic E-state index is 0.393. The summed E-state index contributed by atoms with van der Waals surface area (Å²) in [5.74, 6) is 0.755. The number of hydrogen-bond donors (Lipinski definition) is 0. The highest BCUT2D eigenvalue weighted by Gasteiger charge is 2.23. The van der Waals surface area contributed by atoms with Gasteiger partial charge in [-0.2, -0.15) is 0 Å². The van der Waals surface area contributed by atoms with Crippen molar-refractivity contribution < 1.29 is 4.74 Å². The summed E-state index contributed by atoms with van der Waals surface area (Å²) in [5.41, 5.74) is 0. The second kappa shape index (κ2) is 3.23. The van der Waals surface area contributed by atoms with Crippen molar-refractivity contribution >= 4 is 27.5 Å². The number of hydrogen-bond acceptors (Lipinski definition) is 2. The lowest BCUT2D eigenvalue weighted by Crippen LogP contribution is -1.96. The predicted molar refractivity (Wildman–Crippen MR) is 50.6 cm³/mol. The fourth-order valence-corrected chi connectivity index (χ4v) is 1.22. The number of halogens is 2. The van der Waals surface area contributed by atoms with Gasteiger partial charge >= 0.3 is 0 Å². The average molecular weight is 249 g/mol. The molecule has 0 aromatic carbocycles. The molecule has 1 saturated carbocycles. The molecule has 1 aromatic heterocycles. The molecule has 0 aliphatic heterocycles. The van der Waals surface area contributed by atoms with Crippen molar-refractivity contribution in [2.24, 2.45) is 0 Å². The van der Waals surface area contributed by atoms with Crippen molar-refractivity contribution in [3.8, 4) is 5.75 Å². The highest BCUT2D eigenvalue weighted by Crippen LogP contribution is 2.29. The fourth-order valence-electron chi connectivity index (χ4n) is 0.846. The standard InChI is InChI=1S/C8H7BrClNO/c9-8-7(10)3-6(4-11-8)12-5-1-2-5/h3-5H,1-2H2. The van der Waals surface area contributed by atoms with E-state index in [-0.39, 0.29) is 0 Å². The molecule has 0 saturated heterocycles. The first-order chi connectivity index (χ1) is 5.75. The van der Waals surface area contributed by atoms with E-state index in [0.717, 1.165) is 18.6 Å². The van der Waals surface area contributed by atoms with Gasteiger partial charge in [0.25, 0.3) is 0 Å². The van der Waals surface area contributed by atoms with Crippen molar-refractivity contribution in [2.45, 2.75) is 18.9 Å². The van der Waals surface area contributed by atoms with E-state index in [1.165, 1.54) is 0 Å². The molecule has 2 nitrogen and oxygen atoms in total. The highest BCUT2D eigenvalue weighted by atomic mass is 79.9. The van der Waals surface area contributed by atoms with E-state index >= 15 is 0 Å². The van der Waals surface area contributed by atoms with Crippen LogP contribution in [0.4, 0.5) is 0 Å². The summed E-state index contributed by atoms with van der Waals surface area (Å²) in [6.07, 6.45) is 4.36. The molecule has 0 N–H and O–H groups in total. The Morgan fingerprint density at radius 2 is 2.33 bits per heavy atom. The molecule has 0 atom stereocenters. The Hall–Kier alpha value is -0.280. The van der Waals surface area contributed by atoms with E-state index in [2.05, 4.69) is 20.9 Å². The predicted octanol–water partition coefficient (Wildman–Crippen LogP) is 3.04. The maximum atomic E-state index is 5.83. The van der Waals surface area contributed by atoms with Crippen LogP contribution in [0.1, 0.15) is 12.8 Å². The summed E-state index contributed by atoms with van der Waals surface area (Å²) in [6, 6.07) is 1.77. The summed E-state index contributed by atoms with van der Waals surface area (Å²) in [7, 11) is 0. The second-order valence-corrected chi connectivity index (χ2v) is 3.92. The number of pyridine rings is 1. The van der Waals surface area contributed by atoms with E-state index in [1.54, 1.807) is 12.3 Å². The van der Waals surface area contributed by atoms with Gasteiger partial charge in [-0.1, -0.05) is 11.6 Å². The quantitative estimate of drug-likeness (QED) is 0.751. The van der Waals surface area contributed by atoms with Gasteiger partial charge in [-0.3, -0.25) is 0 Å². The molecule has 1 fully saturated rings. The van der Waals surface area contributed by atoms with Crippen LogP contribution in [0, 0.1) is 0 Å². The lowest BCUT2D eigenvalue weighted by atomic mass is 10.4. The van der Waals surface area contributed by atoms with Gasteiger partial charge < -0.3 is 4.74 Å². The fraction of sp³-hybridized carbons (Fsp3) is 0.375. The lowest BCUT2D eigenvalue weighted by Gasteiger charge is -2.03. The Morgan fingerprint density at radius 1 is 1.58 bits per heavy atom. The van der Waals surface area contributed by atoms with E-state index in [9.17, 15) is 0 Å². The Kier molecular flexibility index (Phi) is 2.24. The normalized spacial score (nSPS) is 16.2. The van der Waals surface area contributed by atoms with E-state index in [4.69, 9.17) is 16.3 Å². The summed E-state index contributed by atoms with van der Waals surface area (Å²) in [5, 5.41) is 0.591. The number of rotatable bonds is 2. The molecule has 0 spiro atoms. The third-order valence-electron chi connectivity index (χ3n) is 1.60. The van der Waals surface area contributed by atoms with Crippen molar-refractivity contribution in [1.82, 2.24) is 4.98 Å². The number of nitrogens with zero attached hydrogens (tertiary/aromatic N) is 1. The molecule has 1 aromatic rings. The Balaban J connectivity index is 2.15. The molecule has 0 amide bonds. The zero-order chi connectivity index (χ0) is 8.55. The molecule has 1 aliphatic rings. The van der Waals surface area contributed by atoms with Crippen LogP contribution in [0.15, 0.2) is 16.9 Å². The maximum Gasteiger partial charge on any atom is 0.139 e. The summed E-state index contributed by atoms with van der Waals surface area (Å²) < 4.78 is 6.15. The summed E-state index contributed by atoms with van der Waals surface area (Å²) >= 11 is 9.04. The van der Waals surface area contributed by atoms with Crippen molar-refractivity contribution in [3.05, 3.63) is 21.9 Å². The van der Waals surface area contributed by atoms with Gasteiger partial charge in [0.2, 0.25) is 0 Å². The minimum Gasteiger partial charge on any atom is -0.489 e. The van der Waals surface area contributed by atoms with Crippen molar-refractivity contribution in [3.63, 3.8) is 0 Å². The third-order valence-corrected chi connectivity index (χ3v) is 2.75. The second-order valence-electron chi connectivity index (χ2n) is 2.76. The Labute approximate surface area is 84.0 Å². The van der Waals surface area contributed by atoms with Gasteiger partial charge in [0, 0.05) is 6.07 Å². The van der Waals surface area contributed by atoms with E-state index in [0.29, 0.717) is 15.7 Å². The highest BCUT2D eigenvalue weighted by molar-refractivity contribution is 9.10. The van der Waals surface area contributed by atoms with E-state index in [1.807, 2.05) is 0 Å². The van der Waals surface area contributed by atoms with Crippen molar-refractivity contribution in [2.75, 3.05) is 0 Å². The molecule has 12 heavy (non-hydrogen) atoms. The first-order valence-electron chi connectivity index (χ1n) is 3.73. The molecule has 1 aliphatic carbocycles. The van der Waals surface area contributed by atoms with Crippen LogP contribution in [-0.4, -0.2) is 11.1 Å². The van der Waals surface area contributed by atoms with Gasteiger partial charge in [-0.05, 0) is 28.8 Å². The van der Waals surface area contributed by atoms with Crippen LogP contribution < -0.4 is 4.74 Å². The molecule has 0 radical (unpaired) electrons. The van der Waals surface area contributed by atoms with Gasteiger partial charge in [0.1, 0.15) is 10.4 Å². The van der Waals surface area contributed by atoms with Crippen LogP contribution in [-0.2, 0) is 0 Å². The topological polar surface area (TPSA) is 22.1 Å². The molecule has 0 bridgehead atoms. The van der Waals surface area contributed by atoms with Crippen LogP contribution >= 0.6 is 27.5 Å². The molecular weight excluding hydrogens is 241 g/mol. The zero-order valence-corrected chi connectivity index (χ0v) is 8.60. The Morgan fingerprint density at radius 3 is 2.92 bits per heavy atom. The Bertz CT molecular complexity index is 301. The van der Waals surface area contributed by atoms with Crippen LogP contribution in [0.2, 0.25) is 5.02 Å². The molecular formula is C8H7BrClNO. The zero-order valence-electron chi connectivity index (χ0n) is 6.26. The van der Waals surface area contributed by atoms with Gasteiger partial charge in [-0.15, -0.1) is 0 Å². The molecule has 4 heteroatoms. The van der Waals surface area contributed by atoms with Crippen molar-refractivity contribution in [1.29, 1.82) is 0 Å². The summed E-state index contributed by atoms with van der Waals surface area (Å²) in [4.78, 5) is 4.02. The number of ether oxygens (including phenoxy) is 1. The van der Waals surface area contributed by atoms with E-state index < -0.39 is 0 Å². The molecule has 64 valence electrons. The van der Waals surface area contributed by atoms with Crippen LogP contribution in [0.25, 0.3) is 0 Å². The molecule has 2 rings (SSSR count). The van der Waals surface area contributed by atoms with Crippen LogP contribution in [0.5, 0.6) is 5.75 Å². The average Bonchev–Trinajstić information content (AvgIpc) is 2.81. The van der Waals surface area contributed by atoms with Gasteiger partial charge in [0.05, 0.1) is 17.3 Å². The first-order valence-corrected chi connectivity index (χ1v) is 4.90. The van der Waals surface area contributed by atoms with Gasteiger partial charge in [-0.25, -0.2) is 4.98 Å².